The zero-order chi connectivity index (χ0) is 23.8. The number of anilines is 1. The molecule has 3 amide bonds. The van der Waals surface area contributed by atoms with Gasteiger partial charge in [-0.25, -0.2) is 9.18 Å². The number of imide groups is 1. The number of halogens is 1. The first-order valence-corrected chi connectivity index (χ1v) is 11.6. The summed E-state index contributed by atoms with van der Waals surface area (Å²) in [5, 5.41) is 2.52. The molecule has 1 N–H and O–H groups in total. The van der Waals surface area contributed by atoms with Crippen LogP contribution in [0.25, 0.3) is 0 Å². The lowest BCUT2D eigenvalue weighted by molar-refractivity contribution is -0.160. The van der Waals surface area contributed by atoms with Crippen LogP contribution in [0.1, 0.15) is 24.8 Å². The zero-order valence-electron chi connectivity index (χ0n) is 18.5. The van der Waals surface area contributed by atoms with E-state index >= 15 is 0 Å². The number of amides is 3. The minimum absolute atomic E-state index is 0.117. The summed E-state index contributed by atoms with van der Waals surface area (Å²) in [4.78, 5) is 53.1. The van der Waals surface area contributed by atoms with Crippen LogP contribution in [-0.2, 0) is 30.3 Å². The number of esters is 1. The number of hydrogen-bond acceptors (Lipinski definition) is 5. The van der Waals surface area contributed by atoms with Crippen LogP contribution < -0.4 is 5.32 Å². The fourth-order valence-electron chi connectivity index (χ4n) is 5.82. The van der Waals surface area contributed by atoms with Crippen LogP contribution in [0.2, 0.25) is 0 Å². The number of ether oxygens (including phenoxy) is 1. The lowest BCUT2D eigenvalue weighted by atomic mass is 9.81. The first-order chi connectivity index (χ1) is 16.4. The molecule has 0 spiro atoms. The minimum Gasteiger partial charge on any atom is -0.454 e. The number of benzene rings is 2. The predicted octanol–water partition coefficient (Wildman–Crippen LogP) is 2.95. The highest BCUT2D eigenvalue weighted by Crippen LogP contribution is 2.56. The maximum absolute atomic E-state index is 13.3. The molecule has 7 nitrogen and oxygen atoms in total. The van der Waals surface area contributed by atoms with E-state index in [9.17, 15) is 23.6 Å². The van der Waals surface area contributed by atoms with Crippen molar-refractivity contribution in [2.24, 2.45) is 23.7 Å². The van der Waals surface area contributed by atoms with Crippen molar-refractivity contribution < 1.29 is 28.3 Å². The number of fused-ring (bicyclic) bond motifs is 5. The number of carbonyl (C=O) groups is 4. The van der Waals surface area contributed by atoms with Gasteiger partial charge in [0.05, 0.1) is 11.8 Å². The molecule has 0 radical (unpaired) electrons. The Labute approximate surface area is 196 Å². The van der Waals surface area contributed by atoms with E-state index in [1.165, 1.54) is 24.3 Å². The second-order valence-corrected chi connectivity index (χ2v) is 9.30. The summed E-state index contributed by atoms with van der Waals surface area (Å²) in [6.07, 6.45) is 2.90. The maximum Gasteiger partial charge on any atom is 0.330 e. The number of nitrogens with one attached hydrogen (secondary N) is 1. The zero-order valence-corrected chi connectivity index (χ0v) is 18.5. The molecule has 2 aliphatic carbocycles. The van der Waals surface area contributed by atoms with E-state index in [2.05, 4.69) is 5.32 Å². The van der Waals surface area contributed by atoms with Crippen LogP contribution in [0.15, 0.2) is 54.6 Å². The van der Waals surface area contributed by atoms with Gasteiger partial charge in [-0.05, 0) is 60.9 Å². The first-order valence-electron chi connectivity index (χ1n) is 11.6. The molecule has 1 aliphatic heterocycles. The molecule has 2 aromatic carbocycles. The molecule has 3 fully saturated rings. The molecule has 0 unspecified atom stereocenters. The van der Waals surface area contributed by atoms with Crippen LogP contribution in [-0.4, -0.2) is 41.2 Å². The van der Waals surface area contributed by atoms with Gasteiger partial charge >= 0.3 is 5.97 Å². The van der Waals surface area contributed by atoms with Crippen molar-refractivity contribution in [3.63, 3.8) is 0 Å². The van der Waals surface area contributed by atoms with Gasteiger partial charge in [-0.15, -0.1) is 0 Å². The molecule has 2 bridgehead atoms. The Morgan fingerprint density at radius 1 is 0.971 bits per heavy atom. The van der Waals surface area contributed by atoms with Crippen molar-refractivity contribution in [2.45, 2.75) is 31.7 Å². The topological polar surface area (TPSA) is 92.8 Å². The van der Waals surface area contributed by atoms with Crippen molar-refractivity contribution in [3.8, 4) is 0 Å². The minimum atomic E-state index is -1.13. The molecular weight excluding hydrogens is 439 g/mol. The SMILES string of the molecule is O=C(COC(=O)[C@H](Cc1ccccc1)N1C(=O)[C@H]2[C@H]3CC[C@@H](C3)[C@@H]2C1=O)Nc1ccc(F)cc1. The number of rotatable bonds is 7. The lowest BCUT2D eigenvalue weighted by Crippen LogP contribution is -2.48. The summed E-state index contributed by atoms with van der Waals surface area (Å²) < 4.78 is 18.3. The van der Waals surface area contributed by atoms with Crippen molar-refractivity contribution in [2.75, 3.05) is 11.9 Å². The van der Waals surface area contributed by atoms with E-state index in [0.29, 0.717) is 5.69 Å². The Morgan fingerprint density at radius 2 is 1.59 bits per heavy atom. The van der Waals surface area contributed by atoms with Crippen molar-refractivity contribution >= 4 is 29.4 Å². The monoisotopic (exact) mass is 464 g/mol. The Hall–Kier alpha value is -3.55. The normalized spacial score (nSPS) is 25.9. The van der Waals surface area contributed by atoms with Crippen LogP contribution >= 0.6 is 0 Å². The highest BCUT2D eigenvalue weighted by molar-refractivity contribution is 6.08. The number of carbonyl (C=O) groups excluding carboxylic acids is 4. The van der Waals surface area contributed by atoms with E-state index in [1.54, 1.807) is 0 Å². The average Bonchev–Trinajstić information content (AvgIpc) is 3.52. The van der Waals surface area contributed by atoms with Crippen LogP contribution in [0.5, 0.6) is 0 Å². The Kier molecular flexibility index (Phi) is 5.89. The number of nitrogens with zero attached hydrogens (tertiary/aromatic N) is 1. The van der Waals surface area contributed by atoms with Gasteiger partial charge in [0.15, 0.2) is 6.61 Å². The van der Waals surface area contributed by atoms with Crippen molar-refractivity contribution in [1.29, 1.82) is 0 Å². The molecule has 176 valence electrons. The van der Waals surface area contributed by atoms with Gasteiger partial charge in [0.2, 0.25) is 11.8 Å². The number of hydrogen-bond donors (Lipinski definition) is 1. The Bertz CT molecular complexity index is 1090. The third-order valence-corrected chi connectivity index (χ3v) is 7.29. The summed E-state index contributed by atoms with van der Waals surface area (Å²) >= 11 is 0. The van der Waals surface area contributed by atoms with E-state index in [-0.39, 0.29) is 41.9 Å². The largest absolute Gasteiger partial charge is 0.454 e. The van der Waals surface area contributed by atoms with E-state index in [0.717, 1.165) is 29.7 Å². The van der Waals surface area contributed by atoms with Gasteiger partial charge in [-0.2, -0.15) is 0 Å². The predicted molar refractivity (Wildman–Crippen MR) is 120 cm³/mol. The second-order valence-electron chi connectivity index (χ2n) is 9.30. The van der Waals surface area contributed by atoms with Gasteiger partial charge in [-0.3, -0.25) is 19.3 Å². The first kappa shape index (κ1) is 22.3. The standard InChI is InChI=1S/C26H25FN2O5/c27-18-8-10-19(11-9-18)28-21(30)14-34-26(33)20(12-15-4-2-1-3-5-15)29-24(31)22-16-6-7-17(13-16)23(22)25(29)32/h1-5,8-11,16-17,20,22-23H,6-7,12-14H2,(H,28,30)/t16-,17-,20-,22-,23-/m0/s1. The van der Waals surface area contributed by atoms with Gasteiger partial charge < -0.3 is 10.1 Å². The van der Waals surface area contributed by atoms with E-state index in [4.69, 9.17) is 4.74 Å². The van der Waals surface area contributed by atoms with Gasteiger partial charge in [-0.1, -0.05) is 30.3 Å². The lowest BCUT2D eigenvalue weighted by Gasteiger charge is -2.26. The van der Waals surface area contributed by atoms with Crippen molar-refractivity contribution in [3.05, 3.63) is 66.0 Å². The molecular formula is C26H25FN2O5. The molecule has 2 saturated carbocycles. The second kappa shape index (κ2) is 9.00. The fraction of sp³-hybridized carbons (Fsp3) is 0.385. The summed E-state index contributed by atoms with van der Waals surface area (Å²) in [6.45, 7) is -0.587. The molecule has 3 aliphatic rings. The van der Waals surface area contributed by atoms with E-state index in [1.807, 2.05) is 30.3 Å². The van der Waals surface area contributed by atoms with Crippen LogP contribution in [0.4, 0.5) is 10.1 Å². The van der Waals surface area contributed by atoms with Gasteiger partial charge in [0.25, 0.3) is 5.91 Å². The fourth-order valence-corrected chi connectivity index (χ4v) is 5.82. The average molecular weight is 464 g/mol. The summed E-state index contributed by atoms with van der Waals surface area (Å²) in [5.41, 5.74) is 1.14. The third-order valence-electron chi connectivity index (χ3n) is 7.29. The quantitative estimate of drug-likeness (QED) is 0.503. The molecule has 8 heteroatoms. The van der Waals surface area contributed by atoms with Gasteiger partial charge in [0, 0.05) is 12.1 Å². The summed E-state index contributed by atoms with van der Waals surface area (Å²) in [7, 11) is 0. The molecule has 5 atom stereocenters. The van der Waals surface area contributed by atoms with Crippen LogP contribution in [0.3, 0.4) is 0 Å². The molecule has 1 saturated heterocycles. The smallest absolute Gasteiger partial charge is 0.330 e. The molecule has 5 rings (SSSR count). The van der Waals surface area contributed by atoms with Crippen LogP contribution in [0, 0.1) is 29.5 Å². The van der Waals surface area contributed by atoms with E-state index < -0.39 is 30.3 Å². The van der Waals surface area contributed by atoms with Gasteiger partial charge in [0.1, 0.15) is 11.9 Å². The van der Waals surface area contributed by atoms with Crippen molar-refractivity contribution in [1.82, 2.24) is 4.90 Å². The summed E-state index contributed by atoms with van der Waals surface area (Å²) in [5.74, 6) is -2.73. The molecule has 2 aromatic rings. The maximum atomic E-state index is 13.3. The molecule has 34 heavy (non-hydrogen) atoms. The number of likely N-dealkylation sites (tertiary alicyclic amines) is 1. The highest BCUT2D eigenvalue weighted by atomic mass is 19.1. The third kappa shape index (κ3) is 4.08. The Balaban J connectivity index is 1.31. The molecule has 0 aromatic heterocycles. The Morgan fingerprint density at radius 3 is 2.21 bits per heavy atom. The highest BCUT2D eigenvalue weighted by Gasteiger charge is 2.62. The molecule has 1 heterocycles. The summed E-state index contributed by atoms with van der Waals surface area (Å²) in [6, 6.07) is 13.2.